The first-order valence-corrected chi connectivity index (χ1v) is 11.4. The van der Waals surface area contributed by atoms with Crippen LogP contribution in [0, 0.1) is 11.6 Å². The fourth-order valence-electron chi connectivity index (χ4n) is 4.37. The molecule has 0 saturated carbocycles. The molecule has 4 aromatic rings. The summed E-state index contributed by atoms with van der Waals surface area (Å²) in [5, 5.41) is 6.35. The van der Waals surface area contributed by atoms with E-state index in [4.69, 9.17) is 23.2 Å². The Kier molecular flexibility index (Phi) is 6.08. The average Bonchev–Trinajstić information content (AvgIpc) is 3.18. The van der Waals surface area contributed by atoms with Crippen LogP contribution in [0.1, 0.15) is 43.4 Å². The number of hydrogen-bond acceptors (Lipinski definition) is 2. The highest BCUT2D eigenvalue weighted by Gasteiger charge is 2.37. The third-order valence-corrected chi connectivity index (χ3v) is 6.64. The van der Waals surface area contributed by atoms with Crippen LogP contribution in [0.3, 0.4) is 0 Å². The van der Waals surface area contributed by atoms with Crippen molar-refractivity contribution in [2.45, 2.75) is 12.2 Å². The monoisotopic (exact) mass is 550 g/mol. The Labute approximate surface area is 216 Å². The van der Waals surface area contributed by atoms with Gasteiger partial charge in [0.2, 0.25) is 0 Å². The van der Waals surface area contributed by atoms with Crippen molar-refractivity contribution in [2.24, 2.45) is 0 Å². The van der Waals surface area contributed by atoms with E-state index in [2.05, 4.69) is 10.6 Å². The van der Waals surface area contributed by atoms with Crippen LogP contribution in [0.2, 0.25) is 10.0 Å². The minimum atomic E-state index is -4.88. The van der Waals surface area contributed by atoms with Crippen LogP contribution < -0.4 is 10.6 Å². The van der Waals surface area contributed by atoms with Gasteiger partial charge < -0.3 is 10.6 Å². The third-order valence-electron chi connectivity index (χ3n) is 5.97. The van der Waals surface area contributed by atoms with Gasteiger partial charge in [0.15, 0.2) is 0 Å². The van der Waals surface area contributed by atoms with E-state index in [0.29, 0.717) is 22.9 Å². The summed E-state index contributed by atoms with van der Waals surface area (Å²) in [6, 6.07) is 10.2. The molecule has 0 spiro atoms. The maximum Gasteiger partial charge on any atom is 0.416 e. The van der Waals surface area contributed by atoms with Gasteiger partial charge in [0.25, 0.3) is 11.8 Å². The lowest BCUT2D eigenvalue weighted by atomic mass is 9.92. The van der Waals surface area contributed by atoms with E-state index >= 15 is 0 Å². The van der Waals surface area contributed by atoms with Crippen molar-refractivity contribution >= 4 is 51.5 Å². The van der Waals surface area contributed by atoms with Gasteiger partial charge in [-0.1, -0.05) is 35.3 Å². The van der Waals surface area contributed by atoms with E-state index < -0.39 is 46.8 Å². The van der Waals surface area contributed by atoms with E-state index in [0.717, 1.165) is 12.1 Å². The molecule has 1 aliphatic heterocycles. The van der Waals surface area contributed by atoms with Crippen molar-refractivity contribution < 1.29 is 31.5 Å². The second kappa shape index (κ2) is 9.00. The molecule has 5 rings (SSSR count). The summed E-state index contributed by atoms with van der Waals surface area (Å²) in [6.45, 7) is 0. The molecule has 1 atom stereocenters. The molecule has 2 amide bonds. The summed E-state index contributed by atoms with van der Waals surface area (Å²) in [5.41, 5.74) is -1.43. The van der Waals surface area contributed by atoms with Gasteiger partial charge >= 0.3 is 6.18 Å². The van der Waals surface area contributed by atoms with Crippen LogP contribution in [0.5, 0.6) is 0 Å². The molecule has 4 aromatic carbocycles. The molecule has 11 heteroatoms. The van der Waals surface area contributed by atoms with Gasteiger partial charge in [0.1, 0.15) is 11.6 Å². The zero-order chi connectivity index (χ0) is 26.6. The number of anilines is 1. The molecule has 1 aliphatic rings. The van der Waals surface area contributed by atoms with Gasteiger partial charge in [0.05, 0.1) is 17.2 Å². The molecular formula is C26H13Cl2F5N2O2. The van der Waals surface area contributed by atoms with Gasteiger partial charge in [-0.3, -0.25) is 9.59 Å². The number of hydrogen-bond donors (Lipinski definition) is 2. The number of alkyl halides is 3. The van der Waals surface area contributed by atoms with Crippen LogP contribution in [0.25, 0.3) is 10.8 Å². The molecular weight excluding hydrogens is 538 g/mol. The minimum Gasteiger partial charge on any atom is -0.341 e. The number of fused-ring (bicyclic) bond motifs is 3. The number of halogens is 7. The summed E-state index contributed by atoms with van der Waals surface area (Å²) >= 11 is 12.6. The summed E-state index contributed by atoms with van der Waals surface area (Å²) in [5.74, 6) is -3.51. The van der Waals surface area contributed by atoms with Crippen molar-refractivity contribution in [3.8, 4) is 0 Å². The van der Waals surface area contributed by atoms with Crippen molar-refractivity contribution in [1.29, 1.82) is 0 Å². The molecule has 1 heterocycles. The zero-order valence-corrected chi connectivity index (χ0v) is 19.8. The molecule has 4 nitrogen and oxygen atoms in total. The van der Waals surface area contributed by atoms with Crippen molar-refractivity contribution in [1.82, 2.24) is 5.32 Å². The highest BCUT2D eigenvalue weighted by molar-refractivity contribution is 6.36. The Bertz CT molecular complexity index is 1620. The summed E-state index contributed by atoms with van der Waals surface area (Å²) in [6.07, 6.45) is -4.88. The zero-order valence-electron chi connectivity index (χ0n) is 18.3. The Balaban J connectivity index is 1.70. The second-order valence-electron chi connectivity index (χ2n) is 8.30. The van der Waals surface area contributed by atoms with Crippen molar-refractivity contribution in [2.75, 3.05) is 5.32 Å². The molecule has 0 saturated heterocycles. The molecule has 0 aliphatic carbocycles. The molecule has 188 valence electrons. The van der Waals surface area contributed by atoms with E-state index in [1.165, 1.54) is 12.1 Å². The normalized spacial score (nSPS) is 15.0. The number of benzene rings is 4. The van der Waals surface area contributed by atoms with Crippen LogP contribution in [0.4, 0.5) is 27.6 Å². The minimum absolute atomic E-state index is 0.00194. The highest BCUT2D eigenvalue weighted by atomic mass is 35.5. The van der Waals surface area contributed by atoms with Gasteiger partial charge in [-0.25, -0.2) is 8.78 Å². The smallest absolute Gasteiger partial charge is 0.341 e. The quantitative estimate of drug-likeness (QED) is 0.259. The lowest BCUT2D eigenvalue weighted by molar-refractivity contribution is -0.137. The van der Waals surface area contributed by atoms with Crippen LogP contribution >= 0.6 is 23.2 Å². The Morgan fingerprint density at radius 2 is 1.65 bits per heavy atom. The van der Waals surface area contributed by atoms with Gasteiger partial charge in [-0.2, -0.15) is 13.2 Å². The Morgan fingerprint density at radius 1 is 0.892 bits per heavy atom. The SMILES string of the molecule is O=C(Nc1cc2c(Cl)cccc2c2c1C(c1cc(F)ccc1Cl)NC2=O)c1cc(F)cc(C(F)(F)F)c1. The topological polar surface area (TPSA) is 58.2 Å². The fraction of sp³-hybridized carbons (Fsp3) is 0.0769. The van der Waals surface area contributed by atoms with E-state index in [1.54, 1.807) is 18.2 Å². The van der Waals surface area contributed by atoms with E-state index in [9.17, 15) is 31.5 Å². The van der Waals surface area contributed by atoms with Gasteiger partial charge in [-0.05, 0) is 53.9 Å². The first kappa shape index (κ1) is 25.0. The molecule has 0 radical (unpaired) electrons. The standard InChI is InChI=1S/C26H13Cl2F5N2O2/c27-18-3-1-2-15-16(18)10-20(34-24(36)11-6-12(26(31,32)33)8-14(30)7-11)22-21(15)25(37)35-23(22)17-9-13(29)4-5-19(17)28/h1-10,23H,(H,34,36)(H,35,37). The second-order valence-corrected chi connectivity index (χ2v) is 9.11. The summed E-state index contributed by atoms with van der Waals surface area (Å²) < 4.78 is 67.6. The predicted molar refractivity (Wildman–Crippen MR) is 129 cm³/mol. The van der Waals surface area contributed by atoms with Crippen molar-refractivity contribution in [3.05, 3.63) is 110 Å². The maximum absolute atomic E-state index is 14.1. The molecule has 0 fully saturated rings. The number of nitrogens with one attached hydrogen (secondary N) is 2. The van der Waals surface area contributed by atoms with E-state index in [1.807, 2.05) is 0 Å². The number of carbonyl (C=O) groups is 2. The molecule has 37 heavy (non-hydrogen) atoms. The summed E-state index contributed by atoms with van der Waals surface area (Å²) in [4.78, 5) is 26.1. The molecule has 0 aromatic heterocycles. The number of rotatable bonds is 3. The summed E-state index contributed by atoms with van der Waals surface area (Å²) in [7, 11) is 0. The largest absolute Gasteiger partial charge is 0.416 e. The van der Waals surface area contributed by atoms with Crippen LogP contribution in [0.15, 0.2) is 60.7 Å². The molecule has 1 unspecified atom stereocenters. The molecule has 0 bridgehead atoms. The molecule has 2 N–H and O–H groups in total. The van der Waals surface area contributed by atoms with E-state index in [-0.39, 0.29) is 38.5 Å². The lowest BCUT2D eigenvalue weighted by Crippen LogP contribution is -2.21. The highest BCUT2D eigenvalue weighted by Crippen LogP contribution is 2.44. The lowest BCUT2D eigenvalue weighted by Gasteiger charge is -2.19. The third kappa shape index (κ3) is 4.49. The van der Waals surface area contributed by atoms with Crippen molar-refractivity contribution in [3.63, 3.8) is 0 Å². The average molecular weight is 551 g/mol. The maximum atomic E-state index is 14.1. The van der Waals surface area contributed by atoms with Gasteiger partial charge in [0, 0.05) is 37.8 Å². The Morgan fingerprint density at radius 3 is 2.38 bits per heavy atom. The number of amides is 2. The fourth-order valence-corrected chi connectivity index (χ4v) is 4.83. The van der Waals surface area contributed by atoms with Crippen LogP contribution in [-0.2, 0) is 6.18 Å². The first-order valence-electron chi connectivity index (χ1n) is 10.6. The first-order chi connectivity index (χ1) is 17.4. The number of carbonyl (C=O) groups excluding carboxylic acids is 2. The Hall–Kier alpha value is -3.69. The predicted octanol–water partition coefficient (Wildman–Crippen LogP) is 7.53. The van der Waals surface area contributed by atoms with Gasteiger partial charge in [-0.15, -0.1) is 0 Å². The van der Waals surface area contributed by atoms with Crippen LogP contribution in [-0.4, -0.2) is 11.8 Å².